The number of carbonyl (C=O) groups is 1. The number of carboxylic acids is 1. The molecule has 0 amide bonds. The van der Waals surface area contributed by atoms with Crippen LogP contribution in [0.5, 0.6) is 5.75 Å². The molecule has 2 aromatic rings. The Labute approximate surface area is 136 Å². The Kier molecular flexibility index (Phi) is 5.77. The van der Waals surface area contributed by atoms with Gasteiger partial charge in [-0.15, -0.1) is 0 Å². The molecule has 0 heterocycles. The first-order valence-corrected chi connectivity index (χ1v) is 11.7. The molecule has 6 N–H and O–H groups in total. The Bertz CT molecular complexity index is 654. The number of hydrogen-bond donors (Lipinski definition) is 4. The van der Waals surface area contributed by atoms with Gasteiger partial charge in [-0.25, -0.2) is 0 Å². The van der Waals surface area contributed by atoms with Gasteiger partial charge in [-0.3, -0.25) is 0 Å². The van der Waals surface area contributed by atoms with Gasteiger partial charge < -0.3 is 0 Å². The zero-order chi connectivity index (χ0) is 16.1. The molecule has 5 nitrogen and oxygen atoms in total. The molecule has 0 bridgehead atoms. The third-order valence-corrected chi connectivity index (χ3v) is 11.6. The molecule has 2 aromatic carbocycles. The SMILES string of the molecule is Nc1cc([As](SC[C@H](N)C(=O)O)c2ccccc2)ccc1O. The molecular formula is C15H17AsN2O3S. The van der Waals surface area contributed by atoms with Gasteiger partial charge in [-0.1, -0.05) is 0 Å². The van der Waals surface area contributed by atoms with E-state index in [0.717, 1.165) is 4.35 Å². The third-order valence-electron chi connectivity index (χ3n) is 2.94. The van der Waals surface area contributed by atoms with Crippen LogP contribution in [-0.4, -0.2) is 41.5 Å². The first-order chi connectivity index (χ1) is 10.5. The van der Waals surface area contributed by atoms with Crippen molar-refractivity contribution in [2.75, 3.05) is 11.5 Å². The maximum absolute atomic E-state index is 10.9. The van der Waals surface area contributed by atoms with Crippen molar-refractivity contribution in [1.82, 2.24) is 0 Å². The van der Waals surface area contributed by atoms with Crippen molar-refractivity contribution in [1.29, 1.82) is 0 Å². The Morgan fingerprint density at radius 2 is 1.86 bits per heavy atom. The first-order valence-electron chi connectivity index (χ1n) is 6.54. The van der Waals surface area contributed by atoms with E-state index in [1.54, 1.807) is 22.2 Å². The molecule has 0 aromatic heterocycles. The fourth-order valence-corrected chi connectivity index (χ4v) is 10.1. The number of aromatic hydroxyl groups is 1. The van der Waals surface area contributed by atoms with Crippen molar-refractivity contribution in [3.63, 3.8) is 0 Å². The van der Waals surface area contributed by atoms with Crippen LogP contribution in [-0.2, 0) is 4.79 Å². The van der Waals surface area contributed by atoms with E-state index in [0.29, 0.717) is 11.4 Å². The van der Waals surface area contributed by atoms with Gasteiger partial charge >= 0.3 is 136 Å². The van der Waals surface area contributed by atoms with E-state index in [4.69, 9.17) is 16.6 Å². The van der Waals surface area contributed by atoms with Crippen molar-refractivity contribution in [2.24, 2.45) is 5.73 Å². The summed E-state index contributed by atoms with van der Waals surface area (Å²) in [6, 6.07) is 14.2. The monoisotopic (exact) mass is 380 g/mol. The average molecular weight is 380 g/mol. The molecule has 0 spiro atoms. The molecule has 0 aliphatic heterocycles. The fraction of sp³-hybridized carbons (Fsp3) is 0.133. The molecule has 116 valence electrons. The maximum atomic E-state index is 10.9. The minimum absolute atomic E-state index is 0.0537. The van der Waals surface area contributed by atoms with E-state index in [1.165, 1.54) is 4.35 Å². The van der Waals surface area contributed by atoms with E-state index < -0.39 is 25.5 Å². The first kappa shape index (κ1) is 16.7. The second kappa shape index (κ2) is 7.58. The van der Waals surface area contributed by atoms with Crippen molar-refractivity contribution in [2.45, 2.75) is 6.04 Å². The summed E-state index contributed by atoms with van der Waals surface area (Å²) in [5, 5.41) is 18.5. The Morgan fingerprint density at radius 3 is 2.45 bits per heavy atom. The van der Waals surface area contributed by atoms with Crippen LogP contribution < -0.4 is 20.2 Å². The number of nitrogens with two attached hydrogens (primary N) is 2. The summed E-state index contributed by atoms with van der Waals surface area (Å²) >= 11 is -1.79. The number of hydrogen-bond acceptors (Lipinski definition) is 5. The molecule has 0 radical (unpaired) electrons. The molecule has 0 aliphatic rings. The number of phenols is 1. The summed E-state index contributed by atoms with van der Waals surface area (Å²) in [6.45, 7) is 0. The Balaban J connectivity index is 2.29. The van der Waals surface area contributed by atoms with E-state index in [-0.39, 0.29) is 5.75 Å². The summed E-state index contributed by atoms with van der Waals surface area (Å²) in [4.78, 5) is 10.9. The number of carboxylic acid groups (broad SMARTS) is 1. The topological polar surface area (TPSA) is 110 Å². The van der Waals surface area contributed by atoms with Gasteiger partial charge in [0.15, 0.2) is 0 Å². The van der Waals surface area contributed by atoms with Crippen LogP contribution in [0.3, 0.4) is 0 Å². The zero-order valence-electron chi connectivity index (χ0n) is 11.7. The summed E-state index contributed by atoms with van der Waals surface area (Å²) < 4.78 is 2.21. The molecule has 2 rings (SSSR count). The van der Waals surface area contributed by atoms with Crippen LogP contribution in [0.15, 0.2) is 48.5 Å². The molecular weight excluding hydrogens is 363 g/mol. The quantitative estimate of drug-likeness (QED) is 0.324. The van der Waals surface area contributed by atoms with Gasteiger partial charge in [0.1, 0.15) is 0 Å². The molecule has 2 atom stereocenters. The summed E-state index contributed by atoms with van der Waals surface area (Å²) in [5.41, 5.74) is 11.7. The van der Waals surface area contributed by atoms with Crippen LogP contribution >= 0.6 is 10.0 Å². The predicted octanol–water partition coefficient (Wildman–Crippen LogP) is 0.225. The van der Waals surface area contributed by atoms with Crippen LogP contribution in [0.1, 0.15) is 0 Å². The van der Waals surface area contributed by atoms with Gasteiger partial charge in [-0.05, 0) is 0 Å². The standard InChI is InChI=1S/C15H17AsN2O3S/c17-12-8-11(6-7-14(12)19)16(10-4-2-1-3-5-10)22-9-13(18)15(20)21/h1-8,13,19H,9,17-18H2,(H,20,21)/t13-,16?/m0/s1. The molecule has 0 aliphatic carbocycles. The Hall–Kier alpha value is -1.62. The molecule has 0 fully saturated rings. The molecule has 7 heteroatoms. The molecule has 0 saturated heterocycles. The number of nitrogen functional groups attached to an aromatic ring is 1. The van der Waals surface area contributed by atoms with E-state index >= 15 is 0 Å². The third kappa shape index (κ3) is 4.19. The van der Waals surface area contributed by atoms with Crippen LogP contribution in [0, 0.1) is 0 Å². The second-order valence-corrected chi connectivity index (χ2v) is 12.1. The summed E-state index contributed by atoms with van der Waals surface area (Å²) in [6.07, 6.45) is 0. The van der Waals surface area contributed by atoms with Crippen molar-refractivity contribution in [3.05, 3.63) is 48.5 Å². The van der Waals surface area contributed by atoms with Crippen molar-refractivity contribution >= 4 is 43.9 Å². The fourth-order valence-electron chi connectivity index (χ4n) is 1.76. The van der Waals surface area contributed by atoms with Gasteiger partial charge in [-0.2, -0.15) is 0 Å². The van der Waals surface area contributed by atoms with Crippen LogP contribution in [0.2, 0.25) is 0 Å². The van der Waals surface area contributed by atoms with E-state index in [2.05, 4.69) is 0 Å². The van der Waals surface area contributed by atoms with Gasteiger partial charge in [0.05, 0.1) is 0 Å². The molecule has 0 saturated carbocycles. The van der Waals surface area contributed by atoms with E-state index in [9.17, 15) is 9.90 Å². The Morgan fingerprint density at radius 1 is 1.18 bits per heavy atom. The van der Waals surface area contributed by atoms with Gasteiger partial charge in [0.25, 0.3) is 0 Å². The predicted molar refractivity (Wildman–Crippen MR) is 92.1 cm³/mol. The number of anilines is 1. The van der Waals surface area contributed by atoms with Gasteiger partial charge in [0.2, 0.25) is 0 Å². The van der Waals surface area contributed by atoms with E-state index in [1.807, 2.05) is 36.4 Å². The normalized spacial score (nSPS) is 13.5. The minimum atomic E-state index is -1.79. The summed E-state index contributed by atoms with van der Waals surface area (Å²) in [7, 11) is 1.58. The molecule has 22 heavy (non-hydrogen) atoms. The van der Waals surface area contributed by atoms with Gasteiger partial charge in [0, 0.05) is 0 Å². The zero-order valence-corrected chi connectivity index (χ0v) is 14.4. The molecule has 1 unspecified atom stereocenters. The van der Waals surface area contributed by atoms with Crippen LogP contribution in [0.25, 0.3) is 0 Å². The van der Waals surface area contributed by atoms with Crippen LogP contribution in [0.4, 0.5) is 5.69 Å². The van der Waals surface area contributed by atoms with Crippen molar-refractivity contribution in [3.8, 4) is 5.75 Å². The number of phenolic OH excluding ortho intramolecular Hbond substituents is 1. The number of aliphatic carboxylic acids is 1. The summed E-state index contributed by atoms with van der Waals surface area (Å²) in [5.74, 6) is -0.608. The number of rotatable bonds is 6. The second-order valence-electron chi connectivity index (χ2n) is 4.61. The average Bonchev–Trinajstić information content (AvgIpc) is 2.51. The van der Waals surface area contributed by atoms with Crippen molar-refractivity contribution < 1.29 is 15.0 Å². The number of benzene rings is 2.